The molecule has 1 saturated heterocycles. The quantitative estimate of drug-likeness (QED) is 0.870. The summed E-state index contributed by atoms with van der Waals surface area (Å²) >= 11 is 0. The van der Waals surface area contributed by atoms with Crippen molar-refractivity contribution in [3.63, 3.8) is 0 Å². The molecule has 1 aliphatic rings. The molecule has 96 valence electrons. The van der Waals surface area contributed by atoms with Gasteiger partial charge in [0.15, 0.2) is 0 Å². The number of hydrogen-bond acceptors (Lipinski definition) is 3. The summed E-state index contributed by atoms with van der Waals surface area (Å²) in [6.45, 7) is 7.85. The van der Waals surface area contributed by atoms with Crippen LogP contribution in [0.15, 0.2) is 12.4 Å². The van der Waals surface area contributed by atoms with Gasteiger partial charge >= 0.3 is 0 Å². The number of piperidine rings is 1. The topological polar surface area (TPSA) is 33.1 Å². The third-order valence-electron chi connectivity index (χ3n) is 3.50. The van der Waals surface area contributed by atoms with Crippen molar-refractivity contribution in [1.29, 1.82) is 0 Å². The van der Waals surface area contributed by atoms with E-state index in [9.17, 15) is 0 Å². The van der Waals surface area contributed by atoms with Gasteiger partial charge in [0.05, 0.1) is 0 Å². The molecule has 2 rings (SSSR count). The molecule has 0 saturated carbocycles. The van der Waals surface area contributed by atoms with Gasteiger partial charge < -0.3 is 14.8 Å². The Hall–Kier alpha value is -1.03. The number of nitrogens with one attached hydrogen (secondary N) is 1. The van der Waals surface area contributed by atoms with Gasteiger partial charge in [0, 0.05) is 31.5 Å². The monoisotopic (exact) mass is 236 g/mol. The molecule has 0 aliphatic carbocycles. The first-order valence-electron chi connectivity index (χ1n) is 6.62. The highest BCUT2D eigenvalue weighted by atomic mass is 15.2. The van der Waals surface area contributed by atoms with E-state index in [1.54, 1.807) is 0 Å². The predicted octanol–water partition coefficient (Wildman–Crippen LogP) is 2.22. The van der Waals surface area contributed by atoms with Crippen LogP contribution in [0, 0.1) is 5.92 Å². The van der Waals surface area contributed by atoms with Gasteiger partial charge in [0.2, 0.25) is 5.95 Å². The number of anilines is 1. The molecule has 4 nitrogen and oxygen atoms in total. The number of likely N-dealkylation sites (tertiary alicyclic amines) is 1. The van der Waals surface area contributed by atoms with Gasteiger partial charge in [-0.15, -0.1) is 0 Å². The van der Waals surface area contributed by atoms with Gasteiger partial charge in [0.25, 0.3) is 0 Å². The number of rotatable bonds is 4. The third kappa shape index (κ3) is 3.22. The fraction of sp³-hybridized carbons (Fsp3) is 0.769. The Labute approximate surface area is 104 Å². The first kappa shape index (κ1) is 12.4. The highest BCUT2D eigenvalue weighted by Gasteiger charge is 2.17. The zero-order valence-electron chi connectivity index (χ0n) is 11.2. The maximum Gasteiger partial charge on any atom is 0.203 e. The largest absolute Gasteiger partial charge is 0.355 e. The van der Waals surface area contributed by atoms with Gasteiger partial charge in [-0.1, -0.05) is 0 Å². The van der Waals surface area contributed by atoms with Crippen molar-refractivity contribution < 1.29 is 0 Å². The maximum absolute atomic E-state index is 4.38. The fourth-order valence-corrected chi connectivity index (χ4v) is 2.54. The third-order valence-corrected chi connectivity index (χ3v) is 3.50. The van der Waals surface area contributed by atoms with Gasteiger partial charge in [-0.2, -0.15) is 0 Å². The van der Waals surface area contributed by atoms with E-state index in [1.165, 1.54) is 25.9 Å². The second-order valence-corrected chi connectivity index (χ2v) is 5.40. The molecular weight excluding hydrogens is 212 g/mol. The molecule has 1 aromatic rings. The van der Waals surface area contributed by atoms with Crippen molar-refractivity contribution in [2.75, 3.05) is 32.0 Å². The number of imidazole rings is 1. The molecule has 1 aromatic heterocycles. The van der Waals surface area contributed by atoms with Crippen LogP contribution >= 0.6 is 0 Å². The van der Waals surface area contributed by atoms with E-state index in [-0.39, 0.29) is 0 Å². The van der Waals surface area contributed by atoms with Crippen LogP contribution in [0.3, 0.4) is 0 Å². The van der Waals surface area contributed by atoms with Crippen molar-refractivity contribution in [3.8, 4) is 0 Å². The molecule has 1 aliphatic heterocycles. The van der Waals surface area contributed by atoms with Crippen molar-refractivity contribution in [1.82, 2.24) is 14.5 Å². The predicted molar refractivity (Wildman–Crippen MR) is 71.3 cm³/mol. The van der Waals surface area contributed by atoms with E-state index in [4.69, 9.17) is 0 Å². The molecule has 1 N–H and O–H groups in total. The fourth-order valence-electron chi connectivity index (χ4n) is 2.54. The standard InChI is InChI=1S/C13H24N4/c1-11(2)17-8-6-14-13(17)15-9-12-5-4-7-16(3)10-12/h6,8,11-12H,4-5,7,9-10H2,1-3H3,(H,14,15). The number of aromatic nitrogens is 2. The first-order chi connectivity index (χ1) is 8.16. The summed E-state index contributed by atoms with van der Waals surface area (Å²) in [5.41, 5.74) is 0. The van der Waals surface area contributed by atoms with E-state index < -0.39 is 0 Å². The van der Waals surface area contributed by atoms with Crippen molar-refractivity contribution >= 4 is 5.95 Å². The van der Waals surface area contributed by atoms with E-state index in [0.717, 1.165) is 18.4 Å². The summed E-state index contributed by atoms with van der Waals surface area (Å²) in [5.74, 6) is 1.76. The molecule has 0 aromatic carbocycles. The highest BCUT2D eigenvalue weighted by Crippen LogP contribution is 2.17. The Morgan fingerprint density at radius 3 is 3.06 bits per heavy atom. The van der Waals surface area contributed by atoms with Crippen LogP contribution in [-0.2, 0) is 0 Å². The van der Waals surface area contributed by atoms with Crippen LogP contribution in [0.4, 0.5) is 5.95 Å². The second kappa shape index (κ2) is 5.54. The molecule has 1 atom stereocenters. The molecule has 4 heteroatoms. The Morgan fingerprint density at radius 1 is 1.53 bits per heavy atom. The van der Waals surface area contributed by atoms with Crippen LogP contribution in [0.1, 0.15) is 32.7 Å². The van der Waals surface area contributed by atoms with Gasteiger partial charge in [-0.25, -0.2) is 4.98 Å². The van der Waals surface area contributed by atoms with Gasteiger partial charge in [-0.3, -0.25) is 0 Å². The lowest BCUT2D eigenvalue weighted by Crippen LogP contribution is -2.35. The van der Waals surface area contributed by atoms with Crippen molar-refractivity contribution in [2.24, 2.45) is 5.92 Å². The van der Waals surface area contributed by atoms with Crippen LogP contribution in [-0.4, -0.2) is 41.1 Å². The van der Waals surface area contributed by atoms with E-state index in [0.29, 0.717) is 6.04 Å². The van der Waals surface area contributed by atoms with E-state index >= 15 is 0 Å². The summed E-state index contributed by atoms with van der Waals surface area (Å²) in [5, 5.41) is 3.49. The lowest BCUT2D eigenvalue weighted by Gasteiger charge is -2.30. The van der Waals surface area contributed by atoms with Crippen LogP contribution in [0.2, 0.25) is 0 Å². The molecule has 0 spiro atoms. The number of nitrogens with zero attached hydrogens (tertiary/aromatic N) is 3. The van der Waals surface area contributed by atoms with Gasteiger partial charge in [-0.05, 0) is 46.2 Å². The average Bonchev–Trinajstić information content (AvgIpc) is 2.74. The Kier molecular flexibility index (Phi) is 4.05. The zero-order valence-corrected chi connectivity index (χ0v) is 11.2. The Balaban J connectivity index is 1.86. The molecular formula is C13H24N4. The zero-order chi connectivity index (χ0) is 12.3. The average molecular weight is 236 g/mol. The van der Waals surface area contributed by atoms with Crippen LogP contribution in [0.25, 0.3) is 0 Å². The summed E-state index contributed by atoms with van der Waals surface area (Å²) in [7, 11) is 2.21. The van der Waals surface area contributed by atoms with Crippen molar-refractivity contribution in [2.45, 2.75) is 32.7 Å². The Morgan fingerprint density at radius 2 is 2.35 bits per heavy atom. The summed E-state index contributed by atoms with van der Waals surface area (Å²) < 4.78 is 2.19. The minimum absolute atomic E-state index is 0.467. The van der Waals surface area contributed by atoms with Crippen molar-refractivity contribution in [3.05, 3.63) is 12.4 Å². The summed E-state index contributed by atoms with van der Waals surface area (Å²) in [6, 6.07) is 0.467. The molecule has 17 heavy (non-hydrogen) atoms. The molecule has 0 amide bonds. The molecule has 1 fully saturated rings. The molecule has 0 bridgehead atoms. The number of hydrogen-bond donors (Lipinski definition) is 1. The summed E-state index contributed by atoms with van der Waals surface area (Å²) in [4.78, 5) is 6.80. The Bertz CT molecular complexity index is 345. The minimum atomic E-state index is 0.467. The minimum Gasteiger partial charge on any atom is -0.355 e. The lowest BCUT2D eigenvalue weighted by molar-refractivity contribution is 0.217. The van der Waals surface area contributed by atoms with E-state index in [1.807, 2.05) is 12.4 Å². The second-order valence-electron chi connectivity index (χ2n) is 5.40. The van der Waals surface area contributed by atoms with E-state index in [2.05, 4.69) is 40.7 Å². The molecule has 0 radical (unpaired) electrons. The highest BCUT2D eigenvalue weighted by molar-refractivity contribution is 5.26. The van der Waals surface area contributed by atoms with Crippen LogP contribution < -0.4 is 5.32 Å². The maximum atomic E-state index is 4.38. The lowest BCUT2D eigenvalue weighted by atomic mass is 9.99. The first-order valence-corrected chi connectivity index (χ1v) is 6.62. The SMILES string of the molecule is CC(C)n1ccnc1NCC1CCCN(C)C1. The van der Waals surface area contributed by atoms with Crippen LogP contribution in [0.5, 0.6) is 0 Å². The molecule has 1 unspecified atom stereocenters. The smallest absolute Gasteiger partial charge is 0.203 e. The molecule has 2 heterocycles. The van der Waals surface area contributed by atoms with Gasteiger partial charge in [0.1, 0.15) is 0 Å². The normalized spacial score (nSPS) is 22.0. The summed E-state index contributed by atoms with van der Waals surface area (Å²) in [6.07, 6.45) is 6.57.